The highest BCUT2D eigenvalue weighted by Gasteiger charge is 2.26. The molecule has 0 aliphatic heterocycles. The van der Waals surface area contributed by atoms with Gasteiger partial charge in [-0.3, -0.25) is 0 Å². The van der Waals surface area contributed by atoms with E-state index in [9.17, 15) is 17.6 Å². The first-order valence-corrected chi connectivity index (χ1v) is 1.80. The lowest BCUT2D eigenvalue weighted by molar-refractivity contribution is -0.0907. The van der Waals surface area contributed by atoms with Crippen molar-refractivity contribution in [1.82, 2.24) is 0 Å². The molecule has 0 radical (unpaired) electrons. The van der Waals surface area contributed by atoms with Crippen molar-refractivity contribution in [3.8, 4) is 0 Å². The lowest BCUT2D eigenvalue weighted by Crippen LogP contribution is -2.25. The SMILES string of the molecule is OC(C(F)F)C(F)F. The molecular weight excluding hydrogens is 128 g/mol. The molecule has 0 saturated carbocycles. The first kappa shape index (κ1) is 7.68. The van der Waals surface area contributed by atoms with Gasteiger partial charge in [-0.25, -0.2) is 17.6 Å². The van der Waals surface area contributed by atoms with E-state index in [2.05, 4.69) is 0 Å². The summed E-state index contributed by atoms with van der Waals surface area (Å²) >= 11 is 0. The van der Waals surface area contributed by atoms with E-state index in [1.54, 1.807) is 0 Å². The summed E-state index contributed by atoms with van der Waals surface area (Å²) in [4.78, 5) is 0. The summed E-state index contributed by atoms with van der Waals surface area (Å²) in [5.74, 6) is 0. The van der Waals surface area contributed by atoms with Gasteiger partial charge in [0.25, 0.3) is 12.9 Å². The van der Waals surface area contributed by atoms with Gasteiger partial charge in [0.2, 0.25) is 0 Å². The van der Waals surface area contributed by atoms with Gasteiger partial charge in [-0.2, -0.15) is 0 Å². The molecule has 0 rings (SSSR count). The number of rotatable bonds is 2. The van der Waals surface area contributed by atoms with Gasteiger partial charge < -0.3 is 5.11 Å². The number of aliphatic hydroxyl groups excluding tert-OH is 1. The predicted octanol–water partition coefficient (Wildman–Crippen LogP) is 0.877. The van der Waals surface area contributed by atoms with Crippen molar-refractivity contribution < 1.29 is 22.7 Å². The number of halogens is 4. The Hall–Kier alpha value is -0.320. The van der Waals surface area contributed by atoms with Crippen LogP contribution in [0.1, 0.15) is 0 Å². The second-order valence-electron chi connectivity index (χ2n) is 1.16. The molecule has 0 bridgehead atoms. The summed E-state index contributed by atoms with van der Waals surface area (Å²) in [6, 6.07) is 0. The zero-order valence-electron chi connectivity index (χ0n) is 3.69. The van der Waals surface area contributed by atoms with Gasteiger partial charge in [0.05, 0.1) is 0 Å². The molecule has 1 nitrogen and oxygen atoms in total. The Morgan fingerprint density at radius 2 is 1.12 bits per heavy atom. The summed E-state index contributed by atoms with van der Waals surface area (Å²) in [6.07, 6.45) is -9.50. The van der Waals surface area contributed by atoms with Crippen molar-refractivity contribution in [1.29, 1.82) is 0 Å². The molecule has 0 aromatic rings. The predicted molar refractivity (Wildman–Crippen MR) is 18.0 cm³/mol. The molecule has 0 aliphatic rings. The van der Waals surface area contributed by atoms with Crippen LogP contribution in [0.15, 0.2) is 0 Å². The molecule has 0 amide bonds. The minimum Gasteiger partial charge on any atom is -0.382 e. The van der Waals surface area contributed by atoms with Gasteiger partial charge in [0, 0.05) is 0 Å². The molecule has 0 unspecified atom stereocenters. The van der Waals surface area contributed by atoms with Crippen molar-refractivity contribution in [3.05, 3.63) is 0 Å². The summed E-state index contributed by atoms with van der Waals surface area (Å²) < 4.78 is 43.8. The number of hydrogen-bond acceptors (Lipinski definition) is 1. The van der Waals surface area contributed by atoms with Crippen LogP contribution < -0.4 is 0 Å². The summed E-state index contributed by atoms with van der Waals surface area (Å²) in [5, 5.41) is 7.70. The van der Waals surface area contributed by atoms with E-state index in [4.69, 9.17) is 5.11 Å². The molecule has 0 aromatic carbocycles. The molecule has 50 valence electrons. The second kappa shape index (κ2) is 2.86. The van der Waals surface area contributed by atoms with Crippen molar-refractivity contribution in [2.24, 2.45) is 0 Å². The van der Waals surface area contributed by atoms with Crippen molar-refractivity contribution in [2.75, 3.05) is 0 Å². The zero-order chi connectivity index (χ0) is 6.73. The fourth-order valence-corrected chi connectivity index (χ4v) is 0.110. The average molecular weight is 132 g/mol. The molecular formula is C3H4F4O. The largest absolute Gasteiger partial charge is 0.382 e. The number of hydrogen-bond donors (Lipinski definition) is 1. The van der Waals surface area contributed by atoms with Crippen LogP contribution in [0.5, 0.6) is 0 Å². The Bertz CT molecular complexity index is 56.3. The summed E-state index contributed by atoms with van der Waals surface area (Å²) in [7, 11) is 0. The third-order valence-electron chi connectivity index (χ3n) is 0.516. The van der Waals surface area contributed by atoms with Gasteiger partial charge >= 0.3 is 0 Å². The van der Waals surface area contributed by atoms with Gasteiger partial charge in [0.1, 0.15) is 0 Å². The fraction of sp³-hybridized carbons (Fsp3) is 1.00. The van der Waals surface area contributed by atoms with E-state index in [0.29, 0.717) is 0 Å². The Morgan fingerprint density at radius 3 is 1.12 bits per heavy atom. The van der Waals surface area contributed by atoms with Gasteiger partial charge in [-0.15, -0.1) is 0 Å². The molecule has 0 aliphatic carbocycles. The Morgan fingerprint density at radius 1 is 0.875 bits per heavy atom. The minimum absolute atomic E-state index is 2.80. The molecule has 0 saturated heterocycles. The van der Waals surface area contributed by atoms with Crippen molar-refractivity contribution in [3.63, 3.8) is 0 Å². The molecule has 1 N–H and O–H groups in total. The maximum Gasteiger partial charge on any atom is 0.269 e. The topological polar surface area (TPSA) is 20.2 Å². The van der Waals surface area contributed by atoms with Crippen molar-refractivity contribution in [2.45, 2.75) is 19.0 Å². The smallest absolute Gasteiger partial charge is 0.269 e. The van der Waals surface area contributed by atoms with E-state index in [1.807, 2.05) is 0 Å². The molecule has 0 atom stereocenters. The number of alkyl halides is 4. The van der Waals surface area contributed by atoms with Crippen molar-refractivity contribution >= 4 is 0 Å². The Kier molecular flexibility index (Phi) is 2.75. The highest BCUT2D eigenvalue weighted by atomic mass is 19.3. The van der Waals surface area contributed by atoms with Crippen LogP contribution in [-0.4, -0.2) is 24.1 Å². The second-order valence-corrected chi connectivity index (χ2v) is 1.16. The summed E-state index contributed by atoms with van der Waals surface area (Å²) in [6.45, 7) is 0. The van der Waals surface area contributed by atoms with Crippen LogP contribution in [0.2, 0.25) is 0 Å². The van der Waals surface area contributed by atoms with Crippen LogP contribution in [0.25, 0.3) is 0 Å². The third kappa shape index (κ3) is 2.11. The zero-order valence-corrected chi connectivity index (χ0v) is 3.69. The van der Waals surface area contributed by atoms with E-state index in [0.717, 1.165) is 0 Å². The minimum atomic E-state index is -3.35. The molecule has 0 fully saturated rings. The Balaban J connectivity index is 3.46. The van der Waals surface area contributed by atoms with Gasteiger partial charge in [0.15, 0.2) is 6.10 Å². The van der Waals surface area contributed by atoms with E-state index < -0.39 is 19.0 Å². The van der Waals surface area contributed by atoms with E-state index in [1.165, 1.54) is 0 Å². The third-order valence-corrected chi connectivity index (χ3v) is 0.516. The van der Waals surface area contributed by atoms with E-state index in [-0.39, 0.29) is 0 Å². The highest BCUT2D eigenvalue weighted by Crippen LogP contribution is 2.08. The fourth-order valence-electron chi connectivity index (χ4n) is 0.110. The quantitative estimate of drug-likeness (QED) is 0.553. The molecule has 0 aromatic heterocycles. The maximum absolute atomic E-state index is 10.9. The lowest BCUT2D eigenvalue weighted by atomic mass is 10.4. The van der Waals surface area contributed by atoms with Crippen LogP contribution in [0.3, 0.4) is 0 Å². The Labute approximate surface area is 42.9 Å². The molecule has 8 heavy (non-hydrogen) atoms. The first-order valence-electron chi connectivity index (χ1n) is 1.80. The molecule has 0 spiro atoms. The van der Waals surface area contributed by atoms with Crippen LogP contribution >= 0.6 is 0 Å². The molecule has 0 heterocycles. The monoisotopic (exact) mass is 132 g/mol. The van der Waals surface area contributed by atoms with Crippen LogP contribution in [-0.2, 0) is 0 Å². The maximum atomic E-state index is 10.9. The van der Waals surface area contributed by atoms with Crippen LogP contribution in [0, 0.1) is 0 Å². The number of aliphatic hydroxyl groups is 1. The normalized spacial score (nSPS) is 12.0. The standard InChI is InChI=1S/C3H4F4O/c4-2(5)1(8)3(6)7/h1-3,8H. The average Bonchev–Trinajstić information content (AvgIpc) is 1.64. The van der Waals surface area contributed by atoms with Crippen LogP contribution in [0.4, 0.5) is 17.6 Å². The van der Waals surface area contributed by atoms with Gasteiger partial charge in [-0.05, 0) is 0 Å². The lowest BCUT2D eigenvalue weighted by Gasteiger charge is -2.05. The first-order chi connectivity index (χ1) is 3.55. The summed E-state index contributed by atoms with van der Waals surface area (Å²) in [5.41, 5.74) is 0. The van der Waals surface area contributed by atoms with Gasteiger partial charge in [-0.1, -0.05) is 0 Å². The highest BCUT2D eigenvalue weighted by molar-refractivity contribution is 4.58. The van der Waals surface area contributed by atoms with E-state index >= 15 is 0 Å². The molecule has 5 heteroatoms.